The molecule has 1 aliphatic heterocycles. The van der Waals surface area contributed by atoms with E-state index in [1.807, 2.05) is 4.90 Å². The Bertz CT molecular complexity index is 1420. The molecule has 16 heteroatoms. The van der Waals surface area contributed by atoms with Gasteiger partial charge in [0.05, 0.1) is 10.7 Å². The molecule has 1 aromatic carbocycles. The number of carboxylic acids is 2. The molecule has 1 saturated heterocycles. The van der Waals surface area contributed by atoms with Gasteiger partial charge in [-0.15, -0.1) is 0 Å². The molecule has 1 aliphatic rings. The maximum atomic E-state index is 13.1. The van der Waals surface area contributed by atoms with Crippen LogP contribution in [0, 0.1) is 0 Å². The van der Waals surface area contributed by atoms with Gasteiger partial charge in [0.2, 0.25) is 5.95 Å². The fourth-order valence-corrected chi connectivity index (χ4v) is 3.73. The van der Waals surface area contributed by atoms with E-state index in [0.29, 0.717) is 29.7 Å². The van der Waals surface area contributed by atoms with Crippen molar-refractivity contribution >= 4 is 40.7 Å². The third kappa shape index (κ3) is 5.36. The molecular weight excluding hydrogens is 513 g/mol. The number of fused-ring (bicyclic) bond motifs is 1. The number of aliphatic carboxylic acids is 2. The molecule has 0 aliphatic carbocycles. The zero-order valence-electron chi connectivity index (χ0n) is 18.6. The molecule has 3 N–H and O–H groups in total. The van der Waals surface area contributed by atoms with Crippen LogP contribution in [0.2, 0.25) is 5.02 Å². The fourth-order valence-electron chi connectivity index (χ4n) is 3.51. The molecular formula is C20H20ClF3N6O6. The van der Waals surface area contributed by atoms with Crippen molar-refractivity contribution in [3.8, 4) is 5.69 Å². The smallest absolute Gasteiger partial charge is 0.480 e. The summed E-state index contributed by atoms with van der Waals surface area (Å²) in [4.78, 5) is 52.5. The number of hydrogen-bond donors (Lipinski definition) is 3. The lowest BCUT2D eigenvalue weighted by molar-refractivity contribution is -0.192. The van der Waals surface area contributed by atoms with Crippen molar-refractivity contribution in [1.82, 2.24) is 24.0 Å². The molecule has 36 heavy (non-hydrogen) atoms. The first-order chi connectivity index (χ1) is 16.8. The highest BCUT2D eigenvalue weighted by molar-refractivity contribution is 6.32. The van der Waals surface area contributed by atoms with Crippen molar-refractivity contribution in [3.63, 3.8) is 0 Å². The van der Waals surface area contributed by atoms with Crippen LogP contribution in [-0.2, 0) is 23.2 Å². The van der Waals surface area contributed by atoms with E-state index in [9.17, 15) is 32.7 Å². The van der Waals surface area contributed by atoms with Crippen LogP contribution in [0.4, 0.5) is 19.1 Å². The molecule has 3 aromatic rings. The van der Waals surface area contributed by atoms with Crippen LogP contribution in [0.3, 0.4) is 0 Å². The maximum absolute atomic E-state index is 13.1. The Morgan fingerprint density at radius 3 is 2.25 bits per heavy atom. The molecule has 0 unspecified atom stereocenters. The number of hydrogen-bond acceptors (Lipinski definition) is 7. The summed E-state index contributed by atoms with van der Waals surface area (Å²) in [5, 5.41) is 20.1. The Hall–Kier alpha value is -3.85. The summed E-state index contributed by atoms with van der Waals surface area (Å²) in [5.74, 6) is -3.52. The van der Waals surface area contributed by atoms with E-state index < -0.39 is 35.9 Å². The molecule has 0 amide bonds. The summed E-state index contributed by atoms with van der Waals surface area (Å²) in [6.45, 7) is 2.12. The summed E-state index contributed by atoms with van der Waals surface area (Å²) < 4.78 is 35.2. The highest BCUT2D eigenvalue weighted by Gasteiger charge is 2.38. The minimum atomic E-state index is -5.08. The lowest BCUT2D eigenvalue weighted by Crippen LogP contribution is -2.44. The van der Waals surface area contributed by atoms with E-state index >= 15 is 0 Å². The van der Waals surface area contributed by atoms with E-state index in [2.05, 4.69) is 10.3 Å². The predicted octanol–water partition coefficient (Wildman–Crippen LogP) is 0.667. The number of benzene rings is 1. The maximum Gasteiger partial charge on any atom is 0.490 e. The number of nitrogens with zero attached hydrogens (tertiary/aromatic N) is 5. The van der Waals surface area contributed by atoms with Crippen molar-refractivity contribution < 1.29 is 33.0 Å². The van der Waals surface area contributed by atoms with Crippen LogP contribution < -0.4 is 21.5 Å². The lowest BCUT2D eigenvalue weighted by atomic mass is 10.3. The normalized spacial score (nSPS) is 13.9. The SMILES string of the molecule is Cn1c(=O)c2c(nc(N3CCNCC3)n2-c2ccccc2Cl)n(CC(=O)O)c1=O.O=C(O)C(F)(F)F. The monoisotopic (exact) mass is 532 g/mol. The van der Waals surface area contributed by atoms with Crippen LogP contribution in [0.15, 0.2) is 33.9 Å². The molecule has 3 heterocycles. The molecule has 0 bridgehead atoms. The van der Waals surface area contributed by atoms with Crippen LogP contribution in [0.5, 0.6) is 0 Å². The summed E-state index contributed by atoms with van der Waals surface area (Å²) in [6, 6.07) is 7.00. The van der Waals surface area contributed by atoms with Gasteiger partial charge >= 0.3 is 23.8 Å². The van der Waals surface area contributed by atoms with Crippen LogP contribution in [-0.4, -0.2) is 73.2 Å². The first-order valence-corrected chi connectivity index (χ1v) is 10.7. The van der Waals surface area contributed by atoms with Gasteiger partial charge in [-0.1, -0.05) is 23.7 Å². The van der Waals surface area contributed by atoms with Crippen LogP contribution >= 0.6 is 11.6 Å². The number of rotatable bonds is 4. The van der Waals surface area contributed by atoms with E-state index in [0.717, 1.165) is 22.2 Å². The molecule has 12 nitrogen and oxygen atoms in total. The van der Waals surface area contributed by atoms with Crippen molar-refractivity contribution in [3.05, 3.63) is 50.1 Å². The largest absolute Gasteiger partial charge is 0.490 e. The van der Waals surface area contributed by atoms with Gasteiger partial charge in [0.1, 0.15) is 6.54 Å². The topological polar surface area (TPSA) is 152 Å². The third-order valence-corrected chi connectivity index (χ3v) is 5.47. The zero-order valence-corrected chi connectivity index (χ0v) is 19.4. The van der Waals surface area contributed by atoms with Gasteiger partial charge in [0.25, 0.3) is 5.56 Å². The number of nitrogens with one attached hydrogen (secondary N) is 1. The van der Waals surface area contributed by atoms with Gasteiger partial charge in [0.15, 0.2) is 11.2 Å². The van der Waals surface area contributed by atoms with Gasteiger partial charge in [-0.2, -0.15) is 18.2 Å². The number of halogens is 4. The van der Waals surface area contributed by atoms with Crippen molar-refractivity contribution in [1.29, 1.82) is 0 Å². The molecule has 0 spiro atoms. The van der Waals surface area contributed by atoms with Crippen molar-refractivity contribution in [2.75, 3.05) is 31.1 Å². The zero-order chi connectivity index (χ0) is 26.8. The Kier molecular flexibility index (Phi) is 7.74. The average molecular weight is 533 g/mol. The number of aromatic nitrogens is 4. The minimum Gasteiger partial charge on any atom is -0.480 e. The summed E-state index contributed by atoms with van der Waals surface area (Å²) >= 11 is 6.42. The highest BCUT2D eigenvalue weighted by atomic mass is 35.5. The number of carbonyl (C=O) groups is 2. The Morgan fingerprint density at radius 2 is 1.72 bits per heavy atom. The van der Waals surface area contributed by atoms with Gasteiger partial charge in [-0.05, 0) is 12.1 Å². The van der Waals surface area contributed by atoms with Gasteiger partial charge in [-0.25, -0.2) is 9.59 Å². The number of anilines is 1. The Labute approximate surface area is 204 Å². The predicted molar refractivity (Wildman–Crippen MR) is 122 cm³/mol. The molecule has 0 atom stereocenters. The fraction of sp³-hybridized carbons (Fsp3) is 0.350. The molecule has 0 radical (unpaired) electrons. The Balaban J connectivity index is 0.000000454. The number of piperazine rings is 1. The third-order valence-electron chi connectivity index (χ3n) is 5.15. The number of carboxylic acid groups (broad SMARTS) is 2. The van der Waals surface area contributed by atoms with Gasteiger partial charge < -0.3 is 20.4 Å². The molecule has 194 valence electrons. The first-order valence-electron chi connectivity index (χ1n) is 10.3. The van der Waals surface area contributed by atoms with Gasteiger partial charge in [-0.3, -0.25) is 23.3 Å². The van der Waals surface area contributed by atoms with E-state index in [1.54, 1.807) is 28.8 Å². The summed E-state index contributed by atoms with van der Waals surface area (Å²) in [5.41, 5.74) is -0.646. The Morgan fingerprint density at radius 1 is 1.14 bits per heavy atom. The van der Waals surface area contributed by atoms with Crippen molar-refractivity contribution in [2.24, 2.45) is 7.05 Å². The van der Waals surface area contributed by atoms with Crippen LogP contribution in [0.25, 0.3) is 16.9 Å². The number of imidazole rings is 1. The second kappa shape index (κ2) is 10.4. The number of para-hydroxylation sites is 1. The average Bonchev–Trinajstić information content (AvgIpc) is 3.21. The summed E-state index contributed by atoms with van der Waals surface area (Å²) in [6.07, 6.45) is -5.08. The molecule has 1 fully saturated rings. The minimum absolute atomic E-state index is 0.0222. The lowest BCUT2D eigenvalue weighted by Gasteiger charge is -2.28. The number of alkyl halides is 3. The second-order valence-corrected chi connectivity index (χ2v) is 7.94. The quantitative estimate of drug-likeness (QED) is 0.440. The van der Waals surface area contributed by atoms with E-state index in [1.165, 1.54) is 7.05 Å². The van der Waals surface area contributed by atoms with Crippen molar-refractivity contribution in [2.45, 2.75) is 12.7 Å². The van der Waals surface area contributed by atoms with Crippen LogP contribution in [0.1, 0.15) is 0 Å². The standard InChI is InChI=1S/C18H19ClN6O4.C2HF3O2/c1-22-16(28)14-15(24(18(22)29)10-13(26)27)21-17(23-8-6-20-7-9-23)25(14)12-5-3-2-4-11(12)19;3-2(4,5)1(6)7/h2-5,20H,6-10H2,1H3,(H,26,27);(H,6,7). The second-order valence-electron chi connectivity index (χ2n) is 7.54. The first kappa shape index (κ1) is 26.7. The molecule has 4 rings (SSSR count). The highest BCUT2D eigenvalue weighted by Crippen LogP contribution is 2.29. The van der Waals surface area contributed by atoms with E-state index in [4.69, 9.17) is 21.5 Å². The van der Waals surface area contributed by atoms with E-state index in [-0.39, 0.29) is 11.2 Å². The van der Waals surface area contributed by atoms with Gasteiger partial charge in [0, 0.05) is 33.2 Å². The molecule has 2 aromatic heterocycles. The summed E-state index contributed by atoms with van der Waals surface area (Å²) in [7, 11) is 1.32. The molecule has 0 saturated carbocycles.